The van der Waals surface area contributed by atoms with Gasteiger partial charge in [-0.1, -0.05) is 61.0 Å². The highest BCUT2D eigenvalue weighted by Gasteiger charge is 2.34. The summed E-state index contributed by atoms with van der Waals surface area (Å²) < 4.78 is 6.76. The second kappa shape index (κ2) is 10.6. The van der Waals surface area contributed by atoms with Gasteiger partial charge in [0.1, 0.15) is 11.5 Å². The van der Waals surface area contributed by atoms with E-state index in [0.29, 0.717) is 25.9 Å². The highest BCUT2D eigenvalue weighted by Crippen LogP contribution is 2.35. The molecule has 6 nitrogen and oxygen atoms in total. The second-order valence-electron chi connectivity index (χ2n) is 8.91. The summed E-state index contributed by atoms with van der Waals surface area (Å²) in [6, 6.07) is 15.2. The lowest BCUT2D eigenvalue weighted by molar-refractivity contribution is -0.122. The monoisotopic (exact) mass is 615 g/mol. The van der Waals surface area contributed by atoms with E-state index < -0.39 is 0 Å². The molecule has 3 aromatic rings. The number of carbonyl (C=O) groups excluding carboxylic acids is 1. The molecule has 2 heterocycles. The zero-order valence-electron chi connectivity index (χ0n) is 19.3. The topological polar surface area (TPSA) is 78.4 Å². The Morgan fingerprint density at radius 3 is 2.54 bits per heavy atom. The van der Waals surface area contributed by atoms with E-state index in [1.54, 1.807) is 24.5 Å². The number of amidine groups is 1. The normalized spacial score (nSPS) is 16.8. The Hall–Kier alpha value is -2.62. The van der Waals surface area contributed by atoms with Gasteiger partial charge in [0.15, 0.2) is 5.17 Å². The molecule has 1 saturated heterocycles. The zero-order chi connectivity index (χ0) is 25.2. The second-order valence-corrected chi connectivity index (χ2v) is 11.7. The first-order valence-corrected chi connectivity index (χ1v) is 13.2. The van der Waals surface area contributed by atoms with Crippen LogP contribution in [0.25, 0.3) is 6.08 Å². The van der Waals surface area contributed by atoms with Crippen LogP contribution >= 0.6 is 43.6 Å². The predicted molar refractivity (Wildman–Crippen MR) is 149 cm³/mol. The minimum Gasteiger partial charge on any atom is -0.506 e. The van der Waals surface area contributed by atoms with Gasteiger partial charge < -0.3 is 9.52 Å². The fraction of sp³-hybridized carbons (Fsp3) is 0.192. The Kier molecular flexibility index (Phi) is 7.68. The van der Waals surface area contributed by atoms with Crippen molar-refractivity contribution >= 4 is 67.0 Å². The van der Waals surface area contributed by atoms with Gasteiger partial charge in [-0.2, -0.15) is 5.10 Å². The number of thioether (sulfide) groups is 1. The average Bonchev–Trinajstić information content (AvgIpc) is 3.41. The number of carbonyl (C=O) groups is 1. The Bertz CT molecular complexity index is 1330. The maximum absolute atomic E-state index is 13.3. The molecule has 0 spiro atoms. The number of halogens is 2. The molecule has 0 atom stereocenters. The third kappa shape index (κ3) is 6.15. The molecule has 0 unspecified atom stereocenters. The summed E-state index contributed by atoms with van der Waals surface area (Å²) in [6.07, 6.45) is 4.87. The molecule has 1 aliphatic heterocycles. The SMILES string of the molecule is CC(C)(C)c1ccc(/C=C2\S/C(=N\N=C\c3cc(Br)cc(Br)c3O)N(Cc3ccco3)C2=O)cc1. The molecule has 1 amide bonds. The number of benzene rings is 2. The Balaban J connectivity index is 1.63. The van der Waals surface area contributed by atoms with Gasteiger partial charge in [0.05, 0.1) is 28.4 Å². The molecule has 1 aromatic heterocycles. The van der Waals surface area contributed by atoms with E-state index in [-0.39, 0.29) is 23.6 Å². The highest BCUT2D eigenvalue weighted by molar-refractivity contribution is 9.11. The number of furan rings is 1. The van der Waals surface area contributed by atoms with E-state index >= 15 is 0 Å². The van der Waals surface area contributed by atoms with E-state index in [1.807, 2.05) is 24.3 Å². The Morgan fingerprint density at radius 1 is 1.14 bits per heavy atom. The van der Waals surface area contributed by atoms with Crippen molar-refractivity contribution in [2.24, 2.45) is 10.2 Å². The molecule has 35 heavy (non-hydrogen) atoms. The molecule has 4 rings (SSSR count). The van der Waals surface area contributed by atoms with Crippen LogP contribution in [0, 0.1) is 0 Å². The van der Waals surface area contributed by atoms with Gasteiger partial charge in [0.25, 0.3) is 5.91 Å². The van der Waals surface area contributed by atoms with Crippen LogP contribution in [0.5, 0.6) is 5.75 Å². The first kappa shape index (κ1) is 25.5. The summed E-state index contributed by atoms with van der Waals surface area (Å²) in [5.74, 6) is 0.521. The molecule has 9 heteroatoms. The largest absolute Gasteiger partial charge is 0.506 e. The number of hydrogen-bond donors (Lipinski definition) is 1. The average molecular weight is 617 g/mol. The van der Waals surface area contributed by atoms with Gasteiger partial charge in [0.2, 0.25) is 0 Å². The summed E-state index contributed by atoms with van der Waals surface area (Å²) in [5, 5.41) is 19.1. The van der Waals surface area contributed by atoms with Crippen LogP contribution in [0.4, 0.5) is 0 Å². The summed E-state index contributed by atoms with van der Waals surface area (Å²) >= 11 is 7.95. The number of nitrogens with zero attached hydrogens (tertiary/aromatic N) is 3. The van der Waals surface area contributed by atoms with Crippen LogP contribution in [0.1, 0.15) is 43.2 Å². The minimum absolute atomic E-state index is 0.0547. The molecule has 0 saturated carbocycles. The fourth-order valence-electron chi connectivity index (χ4n) is 3.34. The van der Waals surface area contributed by atoms with Gasteiger partial charge in [0, 0.05) is 10.0 Å². The van der Waals surface area contributed by atoms with Crippen molar-refractivity contribution in [2.75, 3.05) is 0 Å². The van der Waals surface area contributed by atoms with Crippen LogP contribution in [0.3, 0.4) is 0 Å². The Morgan fingerprint density at radius 2 is 1.89 bits per heavy atom. The van der Waals surface area contributed by atoms with Gasteiger partial charge in [-0.3, -0.25) is 9.69 Å². The minimum atomic E-state index is -0.173. The molecule has 0 bridgehead atoms. The maximum atomic E-state index is 13.3. The Labute approximate surface area is 225 Å². The highest BCUT2D eigenvalue weighted by atomic mass is 79.9. The van der Waals surface area contributed by atoms with E-state index in [4.69, 9.17) is 4.42 Å². The van der Waals surface area contributed by atoms with E-state index in [2.05, 4.69) is 75.0 Å². The van der Waals surface area contributed by atoms with Crippen LogP contribution in [-0.2, 0) is 16.8 Å². The van der Waals surface area contributed by atoms with Crippen LogP contribution in [0.2, 0.25) is 0 Å². The lowest BCUT2D eigenvalue weighted by Crippen LogP contribution is -2.28. The number of hydrogen-bond acceptors (Lipinski definition) is 6. The van der Waals surface area contributed by atoms with Crippen molar-refractivity contribution < 1.29 is 14.3 Å². The molecule has 1 N–H and O–H groups in total. The standard InChI is InChI=1S/C26H23Br2N3O3S/c1-26(2,3)18-8-6-16(7-9-18)11-22-24(33)31(15-20-5-4-10-34-20)25(35-22)30-29-14-17-12-19(27)13-21(28)23(17)32/h4-14,32H,15H2,1-3H3/b22-11-,29-14+,30-25-. The lowest BCUT2D eigenvalue weighted by Gasteiger charge is -2.18. The summed E-state index contributed by atoms with van der Waals surface area (Å²) in [4.78, 5) is 15.3. The predicted octanol–water partition coefficient (Wildman–Crippen LogP) is 7.31. The van der Waals surface area contributed by atoms with Gasteiger partial charge in [-0.05, 0) is 74.6 Å². The van der Waals surface area contributed by atoms with Crippen LogP contribution in [0.15, 0.2) is 83.3 Å². The first-order chi connectivity index (χ1) is 16.6. The third-order valence-corrected chi connectivity index (χ3v) is 7.31. The summed E-state index contributed by atoms with van der Waals surface area (Å²) in [7, 11) is 0. The number of rotatable bonds is 5. The molecule has 0 aliphatic carbocycles. The molecular weight excluding hydrogens is 594 g/mol. The van der Waals surface area contributed by atoms with E-state index in [9.17, 15) is 9.90 Å². The van der Waals surface area contributed by atoms with Crippen LogP contribution < -0.4 is 0 Å². The summed E-state index contributed by atoms with van der Waals surface area (Å²) in [5.41, 5.74) is 2.70. The smallest absolute Gasteiger partial charge is 0.267 e. The number of phenolic OH excluding ortho intramolecular Hbond substituents is 1. The van der Waals surface area contributed by atoms with Gasteiger partial charge >= 0.3 is 0 Å². The number of aromatic hydroxyl groups is 1. The van der Waals surface area contributed by atoms with Crippen molar-refractivity contribution in [3.8, 4) is 5.75 Å². The first-order valence-electron chi connectivity index (χ1n) is 10.8. The summed E-state index contributed by atoms with van der Waals surface area (Å²) in [6.45, 7) is 6.73. The van der Waals surface area contributed by atoms with Gasteiger partial charge in [-0.15, -0.1) is 5.10 Å². The van der Waals surface area contributed by atoms with Crippen molar-refractivity contribution in [1.82, 2.24) is 4.90 Å². The molecule has 180 valence electrons. The third-order valence-electron chi connectivity index (χ3n) is 5.25. The van der Waals surface area contributed by atoms with Crippen molar-refractivity contribution in [2.45, 2.75) is 32.7 Å². The molecule has 1 aliphatic rings. The molecule has 0 radical (unpaired) electrons. The number of amides is 1. The zero-order valence-corrected chi connectivity index (χ0v) is 23.3. The van der Waals surface area contributed by atoms with Crippen molar-refractivity contribution in [1.29, 1.82) is 0 Å². The molecule has 1 fully saturated rings. The number of phenols is 1. The lowest BCUT2D eigenvalue weighted by atomic mass is 9.87. The maximum Gasteiger partial charge on any atom is 0.267 e. The van der Waals surface area contributed by atoms with Gasteiger partial charge in [-0.25, -0.2) is 0 Å². The van der Waals surface area contributed by atoms with E-state index in [1.165, 1.54) is 28.4 Å². The van der Waals surface area contributed by atoms with E-state index in [0.717, 1.165) is 10.0 Å². The van der Waals surface area contributed by atoms with Crippen molar-refractivity contribution in [3.05, 3.63) is 91.1 Å². The molecule has 2 aromatic carbocycles. The van der Waals surface area contributed by atoms with Crippen LogP contribution in [-0.4, -0.2) is 27.3 Å². The quantitative estimate of drug-likeness (QED) is 0.185. The molecular formula is C26H23Br2N3O3S. The van der Waals surface area contributed by atoms with Crippen molar-refractivity contribution in [3.63, 3.8) is 0 Å². The fourth-order valence-corrected chi connectivity index (χ4v) is 5.53.